The minimum Gasteiger partial charge on any atom is -0.352 e. The maximum absolute atomic E-state index is 12.8. The van der Waals surface area contributed by atoms with Crippen molar-refractivity contribution in [2.24, 2.45) is 5.92 Å². The van der Waals surface area contributed by atoms with Crippen molar-refractivity contribution in [3.8, 4) is 0 Å². The number of H-pyrrole nitrogens is 1. The third-order valence-corrected chi connectivity index (χ3v) is 4.64. The highest BCUT2D eigenvalue weighted by Crippen LogP contribution is 2.18. The highest BCUT2D eigenvalue weighted by Gasteiger charge is 2.15. The average molecular weight is 408 g/mol. The zero-order valence-electron chi connectivity index (χ0n) is 17.1. The van der Waals surface area contributed by atoms with E-state index < -0.39 is 17.0 Å². The molecule has 1 aromatic heterocycles. The summed E-state index contributed by atoms with van der Waals surface area (Å²) >= 11 is 0. The van der Waals surface area contributed by atoms with E-state index in [1.807, 2.05) is 13.8 Å². The Labute approximate surface area is 172 Å². The Bertz CT molecular complexity index is 1220. The number of rotatable bonds is 6. The van der Waals surface area contributed by atoms with Gasteiger partial charge >= 0.3 is 11.1 Å². The molecule has 8 heteroatoms. The number of nitrogens with one attached hydrogen (secondary N) is 3. The van der Waals surface area contributed by atoms with E-state index in [1.54, 1.807) is 43.3 Å². The van der Waals surface area contributed by atoms with Crippen LogP contribution in [0.25, 0.3) is 11.0 Å². The number of anilines is 1. The molecule has 0 atom stereocenters. The van der Waals surface area contributed by atoms with Crippen molar-refractivity contribution >= 4 is 28.5 Å². The second-order valence-corrected chi connectivity index (χ2v) is 7.34. The molecule has 2 aromatic carbocycles. The predicted molar refractivity (Wildman–Crippen MR) is 116 cm³/mol. The summed E-state index contributed by atoms with van der Waals surface area (Å²) in [6.45, 7) is 6.62. The molecule has 156 valence electrons. The quantitative estimate of drug-likeness (QED) is 0.543. The smallest absolute Gasteiger partial charge is 0.316 e. The van der Waals surface area contributed by atoms with Gasteiger partial charge in [-0.3, -0.25) is 19.2 Å². The third kappa shape index (κ3) is 4.32. The molecule has 0 unspecified atom stereocenters. The number of aryl methyl sites for hydroxylation is 1. The summed E-state index contributed by atoms with van der Waals surface area (Å²) in [6.07, 6.45) is 0. The molecular weight excluding hydrogens is 384 g/mol. The van der Waals surface area contributed by atoms with Gasteiger partial charge in [0.05, 0.1) is 22.3 Å². The molecular formula is C22H24N4O4. The van der Waals surface area contributed by atoms with Gasteiger partial charge in [0, 0.05) is 18.7 Å². The summed E-state index contributed by atoms with van der Waals surface area (Å²) in [5.74, 6) is -0.401. The van der Waals surface area contributed by atoms with Gasteiger partial charge in [-0.15, -0.1) is 0 Å². The van der Waals surface area contributed by atoms with E-state index in [0.717, 1.165) is 0 Å². The maximum atomic E-state index is 12.8. The van der Waals surface area contributed by atoms with Crippen molar-refractivity contribution in [2.45, 2.75) is 27.3 Å². The molecule has 0 bridgehead atoms. The van der Waals surface area contributed by atoms with E-state index in [2.05, 4.69) is 15.6 Å². The first-order valence-electron chi connectivity index (χ1n) is 9.77. The topological polar surface area (TPSA) is 113 Å². The number of aromatic amines is 1. The number of nitrogens with zero attached hydrogens (tertiary/aromatic N) is 1. The van der Waals surface area contributed by atoms with Crippen molar-refractivity contribution in [3.05, 3.63) is 74.3 Å². The molecule has 0 saturated heterocycles. The van der Waals surface area contributed by atoms with E-state index in [-0.39, 0.29) is 11.5 Å². The molecule has 3 aromatic rings. The lowest BCUT2D eigenvalue weighted by molar-refractivity contribution is 0.0950. The summed E-state index contributed by atoms with van der Waals surface area (Å²) in [6, 6.07) is 11.5. The SMILES string of the molecule is CCn1c(=O)c(=O)[nH]c2cc(C(=O)Nc3ccccc3C(=O)NCC(C)C)ccc21. The lowest BCUT2D eigenvalue weighted by atomic mass is 10.1. The number of carbonyl (C=O) groups is 2. The number of para-hydroxylation sites is 1. The van der Waals surface area contributed by atoms with Gasteiger partial charge in [-0.1, -0.05) is 26.0 Å². The van der Waals surface area contributed by atoms with Crippen LogP contribution in [-0.2, 0) is 6.54 Å². The van der Waals surface area contributed by atoms with E-state index in [4.69, 9.17) is 0 Å². The summed E-state index contributed by atoms with van der Waals surface area (Å²) < 4.78 is 1.35. The third-order valence-electron chi connectivity index (χ3n) is 4.64. The lowest BCUT2D eigenvalue weighted by Crippen LogP contribution is -2.36. The predicted octanol–water partition coefficient (Wildman–Crippen LogP) is 2.35. The van der Waals surface area contributed by atoms with Crippen LogP contribution in [-0.4, -0.2) is 27.9 Å². The fourth-order valence-corrected chi connectivity index (χ4v) is 3.11. The van der Waals surface area contributed by atoms with Crippen LogP contribution in [0.3, 0.4) is 0 Å². The Morgan fingerprint density at radius 1 is 1.07 bits per heavy atom. The van der Waals surface area contributed by atoms with Crippen molar-refractivity contribution in [1.82, 2.24) is 14.9 Å². The molecule has 8 nitrogen and oxygen atoms in total. The lowest BCUT2D eigenvalue weighted by Gasteiger charge is -2.13. The van der Waals surface area contributed by atoms with Crippen LogP contribution in [0.4, 0.5) is 5.69 Å². The first-order valence-corrected chi connectivity index (χ1v) is 9.77. The molecule has 0 aliphatic rings. The molecule has 0 saturated carbocycles. The van der Waals surface area contributed by atoms with E-state index in [9.17, 15) is 19.2 Å². The summed E-state index contributed by atoms with van der Waals surface area (Å²) in [5.41, 5.74) is 0.579. The standard InChI is InChI=1S/C22H24N4O4/c1-4-26-18-10-9-14(11-17(18)25-21(29)22(26)30)19(27)24-16-8-6-5-7-15(16)20(28)23-12-13(2)3/h5-11,13H,4,12H2,1-3H3,(H,23,28)(H,24,27)(H,25,29). The van der Waals surface area contributed by atoms with Crippen LogP contribution in [0.5, 0.6) is 0 Å². The first-order chi connectivity index (χ1) is 14.3. The molecule has 0 fully saturated rings. The number of amides is 2. The second-order valence-electron chi connectivity index (χ2n) is 7.34. The first kappa shape index (κ1) is 21.0. The molecule has 3 rings (SSSR count). The van der Waals surface area contributed by atoms with Crippen molar-refractivity contribution in [2.75, 3.05) is 11.9 Å². The molecule has 0 radical (unpaired) electrons. The van der Waals surface area contributed by atoms with Gasteiger partial charge in [-0.2, -0.15) is 0 Å². The fraction of sp³-hybridized carbons (Fsp3) is 0.273. The number of hydrogen-bond donors (Lipinski definition) is 3. The monoisotopic (exact) mass is 408 g/mol. The largest absolute Gasteiger partial charge is 0.352 e. The number of aromatic nitrogens is 2. The Hall–Kier alpha value is -3.68. The Kier molecular flexibility index (Phi) is 6.15. The van der Waals surface area contributed by atoms with Crippen LogP contribution in [0.15, 0.2) is 52.1 Å². The second kappa shape index (κ2) is 8.77. The molecule has 0 aliphatic carbocycles. The van der Waals surface area contributed by atoms with Gasteiger partial charge in [0.15, 0.2) is 0 Å². The van der Waals surface area contributed by atoms with Crippen LogP contribution < -0.4 is 21.8 Å². The maximum Gasteiger partial charge on any atom is 0.316 e. The van der Waals surface area contributed by atoms with E-state index in [0.29, 0.717) is 41.3 Å². The summed E-state index contributed by atoms with van der Waals surface area (Å²) in [7, 11) is 0. The molecule has 0 aliphatic heterocycles. The molecule has 1 heterocycles. The number of benzene rings is 2. The Balaban J connectivity index is 1.91. The fourth-order valence-electron chi connectivity index (χ4n) is 3.11. The van der Waals surface area contributed by atoms with Crippen molar-refractivity contribution in [3.63, 3.8) is 0 Å². The van der Waals surface area contributed by atoms with E-state index in [1.165, 1.54) is 10.6 Å². The highest BCUT2D eigenvalue weighted by atomic mass is 16.2. The van der Waals surface area contributed by atoms with Gasteiger partial charge in [-0.25, -0.2) is 0 Å². The zero-order chi connectivity index (χ0) is 21.8. The van der Waals surface area contributed by atoms with Crippen LogP contribution >= 0.6 is 0 Å². The number of carbonyl (C=O) groups excluding carboxylic acids is 2. The van der Waals surface area contributed by atoms with E-state index >= 15 is 0 Å². The summed E-state index contributed by atoms with van der Waals surface area (Å²) in [5, 5.41) is 5.59. The minimum atomic E-state index is -0.742. The molecule has 0 spiro atoms. The minimum absolute atomic E-state index is 0.269. The highest BCUT2D eigenvalue weighted by molar-refractivity contribution is 6.09. The van der Waals surface area contributed by atoms with Crippen LogP contribution in [0, 0.1) is 5.92 Å². The number of fused-ring (bicyclic) bond motifs is 1. The molecule has 30 heavy (non-hydrogen) atoms. The molecule has 3 N–H and O–H groups in total. The van der Waals surface area contributed by atoms with Crippen LogP contribution in [0.2, 0.25) is 0 Å². The van der Waals surface area contributed by atoms with Crippen molar-refractivity contribution < 1.29 is 9.59 Å². The summed E-state index contributed by atoms with van der Waals surface area (Å²) in [4.78, 5) is 51.6. The van der Waals surface area contributed by atoms with Crippen LogP contribution in [0.1, 0.15) is 41.5 Å². The Morgan fingerprint density at radius 2 is 1.80 bits per heavy atom. The molecule has 2 amide bonds. The zero-order valence-corrected chi connectivity index (χ0v) is 17.1. The van der Waals surface area contributed by atoms with Crippen molar-refractivity contribution in [1.29, 1.82) is 0 Å². The van der Waals surface area contributed by atoms with Gasteiger partial charge in [0.25, 0.3) is 11.8 Å². The van der Waals surface area contributed by atoms with Gasteiger partial charge in [0.1, 0.15) is 0 Å². The average Bonchev–Trinajstić information content (AvgIpc) is 2.73. The normalized spacial score (nSPS) is 10.9. The van der Waals surface area contributed by atoms with Gasteiger partial charge in [0.2, 0.25) is 0 Å². The van der Waals surface area contributed by atoms with Gasteiger partial charge in [-0.05, 0) is 43.2 Å². The van der Waals surface area contributed by atoms with Gasteiger partial charge < -0.3 is 20.2 Å². The number of hydrogen-bond acceptors (Lipinski definition) is 4. The Morgan fingerprint density at radius 3 is 2.50 bits per heavy atom.